The summed E-state index contributed by atoms with van der Waals surface area (Å²) < 4.78 is 0. The summed E-state index contributed by atoms with van der Waals surface area (Å²) in [5.41, 5.74) is 10.1. The van der Waals surface area contributed by atoms with Crippen molar-refractivity contribution in [1.82, 2.24) is 0 Å². The SMILES string of the molecule is CCCc1ccc(-c2cc3ccc(CC(C)C4CC4C)c(C)c3c(C)c2C)cc1. The van der Waals surface area contributed by atoms with E-state index in [1.165, 1.54) is 63.4 Å². The second kappa shape index (κ2) is 7.98. The van der Waals surface area contributed by atoms with Crippen LogP contribution in [0.5, 0.6) is 0 Å². The summed E-state index contributed by atoms with van der Waals surface area (Å²) in [5.74, 6) is 2.66. The van der Waals surface area contributed by atoms with Gasteiger partial charge in [-0.05, 0) is 114 Å². The minimum atomic E-state index is 0.795. The van der Waals surface area contributed by atoms with Crippen molar-refractivity contribution < 1.29 is 0 Å². The van der Waals surface area contributed by atoms with Gasteiger partial charge in [0.05, 0.1) is 0 Å². The van der Waals surface area contributed by atoms with E-state index in [1.54, 1.807) is 5.56 Å². The predicted octanol–water partition coefficient (Wildman–Crippen LogP) is 8.22. The molecule has 0 radical (unpaired) electrons. The number of hydrogen-bond donors (Lipinski definition) is 0. The highest BCUT2D eigenvalue weighted by atomic mass is 14.4. The molecule has 3 aromatic rings. The van der Waals surface area contributed by atoms with Gasteiger partial charge in [-0.2, -0.15) is 0 Å². The van der Waals surface area contributed by atoms with Crippen LogP contribution in [0, 0.1) is 38.5 Å². The average molecular weight is 385 g/mol. The maximum Gasteiger partial charge on any atom is -0.0120 e. The Labute approximate surface area is 177 Å². The predicted molar refractivity (Wildman–Crippen MR) is 128 cm³/mol. The standard InChI is InChI=1S/C29H36/c1-7-8-23-9-11-24(12-10-23)28-17-26-14-13-25(15-18(2)27-16-19(27)3)22(6)29(26)21(5)20(28)4/h9-14,17-19,27H,7-8,15-16H2,1-6H3. The lowest BCUT2D eigenvalue weighted by Crippen LogP contribution is -2.05. The van der Waals surface area contributed by atoms with E-state index in [0.29, 0.717) is 0 Å². The number of benzene rings is 3. The Bertz CT molecular complexity index is 1020. The van der Waals surface area contributed by atoms with Crippen LogP contribution in [-0.4, -0.2) is 0 Å². The van der Waals surface area contributed by atoms with Gasteiger partial charge in [0, 0.05) is 0 Å². The molecular formula is C29H36. The molecule has 0 amide bonds. The Balaban J connectivity index is 1.72. The van der Waals surface area contributed by atoms with Crippen LogP contribution >= 0.6 is 0 Å². The molecule has 0 spiro atoms. The molecule has 3 unspecified atom stereocenters. The van der Waals surface area contributed by atoms with E-state index in [2.05, 4.69) is 84.0 Å². The molecule has 0 bridgehead atoms. The molecule has 152 valence electrons. The molecule has 0 aliphatic heterocycles. The highest BCUT2D eigenvalue weighted by molar-refractivity contribution is 5.95. The summed E-state index contributed by atoms with van der Waals surface area (Å²) >= 11 is 0. The Morgan fingerprint density at radius 2 is 1.62 bits per heavy atom. The lowest BCUT2D eigenvalue weighted by molar-refractivity contribution is 0.480. The fraction of sp³-hybridized carbons (Fsp3) is 0.448. The Hall–Kier alpha value is -2.08. The van der Waals surface area contributed by atoms with Crippen LogP contribution in [0.4, 0.5) is 0 Å². The van der Waals surface area contributed by atoms with Crippen molar-refractivity contribution in [2.75, 3.05) is 0 Å². The number of aryl methyl sites for hydroxylation is 3. The Kier molecular flexibility index (Phi) is 5.56. The van der Waals surface area contributed by atoms with E-state index in [9.17, 15) is 0 Å². The molecule has 0 heterocycles. The van der Waals surface area contributed by atoms with E-state index < -0.39 is 0 Å². The topological polar surface area (TPSA) is 0 Å². The first-order valence-corrected chi connectivity index (χ1v) is 11.5. The number of hydrogen-bond acceptors (Lipinski definition) is 0. The first-order valence-electron chi connectivity index (χ1n) is 11.5. The van der Waals surface area contributed by atoms with Crippen LogP contribution in [0.3, 0.4) is 0 Å². The van der Waals surface area contributed by atoms with Gasteiger partial charge in [0.2, 0.25) is 0 Å². The Morgan fingerprint density at radius 3 is 2.24 bits per heavy atom. The molecule has 3 atom stereocenters. The lowest BCUT2D eigenvalue weighted by Gasteiger charge is -2.19. The van der Waals surface area contributed by atoms with E-state index in [1.807, 2.05) is 0 Å². The van der Waals surface area contributed by atoms with E-state index in [-0.39, 0.29) is 0 Å². The summed E-state index contributed by atoms with van der Waals surface area (Å²) in [6.07, 6.45) is 5.01. The van der Waals surface area contributed by atoms with Crippen molar-refractivity contribution in [2.24, 2.45) is 17.8 Å². The lowest BCUT2D eigenvalue weighted by atomic mass is 9.86. The summed E-state index contributed by atoms with van der Waals surface area (Å²) in [4.78, 5) is 0. The quantitative estimate of drug-likeness (QED) is 0.401. The van der Waals surface area contributed by atoms with Gasteiger partial charge >= 0.3 is 0 Å². The summed E-state index contributed by atoms with van der Waals surface area (Å²) in [6.45, 7) is 14.0. The molecule has 0 nitrogen and oxygen atoms in total. The number of rotatable bonds is 6. The molecule has 0 saturated heterocycles. The van der Waals surface area contributed by atoms with Crippen molar-refractivity contribution >= 4 is 10.8 Å². The monoisotopic (exact) mass is 384 g/mol. The fourth-order valence-electron chi connectivity index (χ4n) is 5.35. The van der Waals surface area contributed by atoms with Crippen LogP contribution in [-0.2, 0) is 12.8 Å². The van der Waals surface area contributed by atoms with Gasteiger partial charge in [-0.25, -0.2) is 0 Å². The van der Waals surface area contributed by atoms with E-state index in [0.717, 1.165) is 24.2 Å². The van der Waals surface area contributed by atoms with Crippen LogP contribution in [0.1, 0.15) is 61.4 Å². The zero-order valence-electron chi connectivity index (χ0n) is 19.1. The minimum Gasteiger partial charge on any atom is -0.0651 e. The van der Waals surface area contributed by atoms with Gasteiger partial charge in [0.1, 0.15) is 0 Å². The van der Waals surface area contributed by atoms with Crippen LogP contribution < -0.4 is 0 Å². The smallest absolute Gasteiger partial charge is 0.0120 e. The molecule has 3 aromatic carbocycles. The molecule has 1 aliphatic carbocycles. The van der Waals surface area contributed by atoms with Gasteiger partial charge in [-0.1, -0.05) is 63.6 Å². The van der Waals surface area contributed by atoms with Gasteiger partial charge < -0.3 is 0 Å². The molecule has 0 aromatic heterocycles. The first-order chi connectivity index (χ1) is 13.9. The van der Waals surface area contributed by atoms with Crippen LogP contribution in [0.15, 0.2) is 42.5 Å². The third-order valence-corrected chi connectivity index (χ3v) is 7.50. The normalized spacial score (nSPS) is 19.5. The minimum absolute atomic E-state index is 0.795. The van der Waals surface area contributed by atoms with Crippen molar-refractivity contribution in [1.29, 1.82) is 0 Å². The van der Waals surface area contributed by atoms with Crippen molar-refractivity contribution in [3.8, 4) is 11.1 Å². The van der Waals surface area contributed by atoms with Gasteiger partial charge in [0.15, 0.2) is 0 Å². The largest absolute Gasteiger partial charge is 0.0651 e. The Morgan fingerprint density at radius 1 is 0.931 bits per heavy atom. The van der Waals surface area contributed by atoms with Crippen molar-refractivity contribution in [3.05, 3.63) is 70.3 Å². The molecular weight excluding hydrogens is 348 g/mol. The molecule has 1 fully saturated rings. The van der Waals surface area contributed by atoms with E-state index >= 15 is 0 Å². The highest BCUT2D eigenvalue weighted by Gasteiger charge is 2.37. The third-order valence-electron chi connectivity index (χ3n) is 7.50. The van der Waals surface area contributed by atoms with Crippen LogP contribution in [0.2, 0.25) is 0 Å². The van der Waals surface area contributed by atoms with Gasteiger partial charge in [-0.15, -0.1) is 0 Å². The molecule has 0 N–H and O–H groups in total. The van der Waals surface area contributed by atoms with E-state index in [4.69, 9.17) is 0 Å². The summed E-state index contributed by atoms with van der Waals surface area (Å²) in [6, 6.07) is 16.4. The summed E-state index contributed by atoms with van der Waals surface area (Å²) in [7, 11) is 0. The fourth-order valence-corrected chi connectivity index (χ4v) is 5.35. The molecule has 1 saturated carbocycles. The highest BCUT2D eigenvalue weighted by Crippen LogP contribution is 2.45. The molecule has 0 heteroatoms. The first kappa shape index (κ1) is 20.2. The average Bonchev–Trinajstić information content (AvgIpc) is 3.44. The zero-order chi connectivity index (χ0) is 20.7. The van der Waals surface area contributed by atoms with Crippen LogP contribution in [0.25, 0.3) is 21.9 Å². The third kappa shape index (κ3) is 3.87. The summed E-state index contributed by atoms with van der Waals surface area (Å²) in [5, 5.41) is 2.86. The second-order valence-electron chi connectivity index (χ2n) is 9.63. The second-order valence-corrected chi connectivity index (χ2v) is 9.63. The van der Waals surface area contributed by atoms with Gasteiger partial charge in [-0.3, -0.25) is 0 Å². The van der Waals surface area contributed by atoms with Crippen molar-refractivity contribution in [3.63, 3.8) is 0 Å². The van der Waals surface area contributed by atoms with Crippen molar-refractivity contribution in [2.45, 2.75) is 67.2 Å². The zero-order valence-corrected chi connectivity index (χ0v) is 19.1. The maximum absolute atomic E-state index is 2.45. The maximum atomic E-state index is 2.45. The molecule has 29 heavy (non-hydrogen) atoms. The number of fused-ring (bicyclic) bond motifs is 1. The van der Waals surface area contributed by atoms with Gasteiger partial charge in [0.25, 0.3) is 0 Å². The molecule has 1 aliphatic rings. The molecule has 4 rings (SSSR count).